The van der Waals surface area contributed by atoms with Crippen molar-refractivity contribution < 1.29 is 18.4 Å². The minimum absolute atomic E-state index is 0.134. The Kier molecular flexibility index (Phi) is 20.3. The van der Waals surface area contributed by atoms with Crippen LogP contribution in [-0.4, -0.2) is 11.6 Å². The molecule has 4 aliphatic rings. The second-order valence-corrected chi connectivity index (χ2v) is 31.9. The number of halogens is 2. The highest BCUT2D eigenvalue weighted by Gasteiger charge is 2.55. The number of ketones is 2. The zero-order valence-corrected chi connectivity index (χ0v) is 61.4. The minimum Gasteiger partial charge on any atom is -0.289 e. The summed E-state index contributed by atoms with van der Waals surface area (Å²) < 4.78 is 32.8. The smallest absolute Gasteiger partial charge is 0.194 e. The molecule has 0 atom stereocenters. The molecule has 4 aliphatic carbocycles. The maximum Gasteiger partial charge on any atom is 0.194 e. The molecule has 0 fully saturated rings. The van der Waals surface area contributed by atoms with Gasteiger partial charge in [0.25, 0.3) is 0 Å². The first kappa shape index (κ1) is 69.6. The molecule has 0 bridgehead atoms. The molecule has 0 amide bonds. The Hall–Kier alpha value is -9.50. The summed E-state index contributed by atoms with van der Waals surface area (Å²) in [6.45, 7) is 8.95. The Morgan fingerprint density at radius 1 is 0.373 bits per heavy atom. The van der Waals surface area contributed by atoms with Crippen molar-refractivity contribution in [3.8, 4) is 43.8 Å². The highest BCUT2D eigenvalue weighted by atomic mass is 32.1. The topological polar surface area (TPSA) is 129 Å². The van der Waals surface area contributed by atoms with Gasteiger partial charge in [-0.05, 0) is 179 Å². The van der Waals surface area contributed by atoms with E-state index in [-0.39, 0.29) is 67.3 Å². The van der Waals surface area contributed by atoms with Crippen LogP contribution in [0.5, 0.6) is 0 Å². The normalized spacial score (nSPS) is 14.9. The summed E-state index contributed by atoms with van der Waals surface area (Å²) in [6, 6.07) is 57.7. The predicted molar refractivity (Wildman–Crippen MR) is 415 cm³/mol. The molecule has 4 heterocycles. The molecule has 12 heteroatoms. The van der Waals surface area contributed by atoms with Gasteiger partial charge in [0, 0.05) is 54.3 Å². The first-order valence-corrected chi connectivity index (χ1v) is 39.6. The number of hydrogen-bond acceptors (Lipinski definition) is 10. The lowest BCUT2D eigenvalue weighted by molar-refractivity contribution is 0.103. The Labute approximate surface area is 613 Å². The van der Waals surface area contributed by atoms with E-state index >= 15 is 8.78 Å². The molecule has 0 radical (unpaired) electrons. The molecule has 0 saturated heterocycles. The molecular formula is C90H78F2N4O2S4. The van der Waals surface area contributed by atoms with E-state index in [2.05, 4.69) is 137 Å². The number of allylic oxidation sites excluding steroid dienone is 6. The fourth-order valence-electron chi connectivity index (χ4n) is 16.3. The molecule has 0 N–H and O–H groups in total. The molecule has 6 aromatic carbocycles. The standard InChI is InChI=1S/C90H78F2N4O2S4/c1-5-9-13-17-21-55-25-33-61(34-26-55)89(62-35-27-56(28-36-62)22-18-14-10-6-2)75-49-67(47-73-77(59(51-93)52-94)71-45-65(91)41-43-69(71)81(73)97)99-83(75)85-79(89)87-88(101-85)80-86(102-87)84-76(50-68(100-84)48-74-78(60(53-95)54-96)72-46-66(92)42-44-70(72)82(74)98)90(80,63-37-29-57(30-38-63)23-19-15-11-7-3)64-39-31-58(32-40-64)24-20-16-12-8-4/h25-50H,5-24H2,1-4H3. The summed E-state index contributed by atoms with van der Waals surface area (Å²) in [5.41, 5.74) is 13.1. The number of hydrogen-bond donors (Lipinski definition) is 0. The average molecular weight is 1410 g/mol. The number of nitrogens with zero attached hydrogens (tertiary/aromatic N) is 4. The number of Topliss-reactive ketones (excluding diaryl/α,β-unsaturated/α-hetero) is 2. The summed E-state index contributed by atoms with van der Waals surface area (Å²) in [7, 11) is 0. The molecule has 14 rings (SSSR count). The number of rotatable bonds is 26. The van der Waals surface area contributed by atoms with Crippen LogP contribution in [0.25, 0.3) is 52.2 Å². The number of benzene rings is 6. The lowest BCUT2D eigenvalue weighted by Crippen LogP contribution is -2.29. The molecule has 0 saturated carbocycles. The average Bonchev–Trinajstić information content (AvgIpc) is 1.49. The van der Waals surface area contributed by atoms with Crippen molar-refractivity contribution in [1.29, 1.82) is 21.0 Å². The van der Waals surface area contributed by atoms with Crippen LogP contribution in [0, 0.1) is 57.0 Å². The largest absolute Gasteiger partial charge is 0.289 e. The summed E-state index contributed by atoms with van der Waals surface area (Å²) in [4.78, 5) is 35.4. The van der Waals surface area contributed by atoms with Crippen LogP contribution in [-0.2, 0) is 36.5 Å². The summed E-state index contributed by atoms with van der Waals surface area (Å²) >= 11 is 6.82. The molecule has 102 heavy (non-hydrogen) atoms. The van der Waals surface area contributed by atoms with Crippen molar-refractivity contribution >= 4 is 89.6 Å². The van der Waals surface area contributed by atoms with Gasteiger partial charge in [-0.1, -0.05) is 202 Å². The van der Waals surface area contributed by atoms with Gasteiger partial charge in [-0.3, -0.25) is 9.59 Å². The third kappa shape index (κ3) is 12.1. The zero-order chi connectivity index (χ0) is 70.8. The number of nitriles is 4. The Morgan fingerprint density at radius 3 is 0.961 bits per heavy atom. The van der Waals surface area contributed by atoms with Crippen molar-refractivity contribution in [2.45, 2.75) is 167 Å². The third-order valence-electron chi connectivity index (χ3n) is 21.4. The van der Waals surface area contributed by atoms with Gasteiger partial charge >= 0.3 is 0 Å². The van der Waals surface area contributed by atoms with Crippen molar-refractivity contribution in [2.24, 2.45) is 0 Å². The lowest BCUT2D eigenvalue weighted by atomic mass is 9.67. The van der Waals surface area contributed by atoms with E-state index in [4.69, 9.17) is 0 Å². The summed E-state index contributed by atoms with van der Waals surface area (Å²) in [6.07, 6.45) is 25.7. The molecule has 4 aromatic heterocycles. The van der Waals surface area contributed by atoms with Crippen LogP contribution in [0.1, 0.15) is 239 Å². The molecule has 10 aromatic rings. The Bertz CT molecular complexity index is 4800. The fraction of sp³-hybridized carbons (Fsp3) is 0.289. The van der Waals surface area contributed by atoms with E-state index in [1.54, 1.807) is 22.7 Å². The minimum atomic E-state index is -0.931. The van der Waals surface area contributed by atoms with Crippen LogP contribution in [0.3, 0.4) is 0 Å². The fourth-order valence-corrected chi connectivity index (χ4v) is 22.0. The molecule has 6 nitrogen and oxygen atoms in total. The van der Waals surface area contributed by atoms with Gasteiger partial charge in [-0.2, -0.15) is 21.0 Å². The Balaban J connectivity index is 1.06. The number of unbranched alkanes of at least 4 members (excludes halogenated alkanes) is 12. The van der Waals surface area contributed by atoms with Crippen LogP contribution in [0.4, 0.5) is 8.78 Å². The maximum atomic E-state index is 15.2. The maximum absolute atomic E-state index is 15.2. The highest BCUT2D eigenvalue weighted by Crippen LogP contribution is 2.70. The van der Waals surface area contributed by atoms with E-state index in [9.17, 15) is 30.6 Å². The highest BCUT2D eigenvalue weighted by molar-refractivity contribution is 7.34. The van der Waals surface area contributed by atoms with E-state index in [0.717, 1.165) is 175 Å². The predicted octanol–water partition coefficient (Wildman–Crippen LogP) is 24.7. The third-order valence-corrected chi connectivity index (χ3v) is 26.4. The molecule has 0 spiro atoms. The van der Waals surface area contributed by atoms with E-state index in [0.29, 0.717) is 0 Å². The molecular weight excluding hydrogens is 1340 g/mol. The monoisotopic (exact) mass is 1410 g/mol. The SMILES string of the molecule is CCCCCCc1ccc(C2(c3ccc(CCCCCC)cc3)c3cc(C=C4C(=O)c5ccc(F)cc5C4=C(C#N)C#N)sc3-c3sc4c5c(sc4c32)-c2sc(C=C3C(=O)c4ccc(F)cc4C3=C(C#N)C#N)cc2C5(c2ccc(CCCCCC)cc2)c2ccc(CCCCCC)cc2)cc1. The van der Waals surface area contributed by atoms with Crippen molar-refractivity contribution in [3.05, 3.63) is 278 Å². The summed E-state index contributed by atoms with van der Waals surface area (Å²) in [5.74, 6) is -1.90. The van der Waals surface area contributed by atoms with E-state index in [1.165, 1.54) is 95.5 Å². The van der Waals surface area contributed by atoms with Crippen LogP contribution in [0.2, 0.25) is 0 Å². The second kappa shape index (κ2) is 29.8. The van der Waals surface area contributed by atoms with Gasteiger partial charge in [0.05, 0.1) is 39.7 Å². The number of carbonyl (C=O) groups excluding carboxylic acids is 2. The number of carbonyl (C=O) groups is 2. The van der Waals surface area contributed by atoms with E-state index < -0.39 is 22.5 Å². The van der Waals surface area contributed by atoms with Crippen LogP contribution >= 0.6 is 45.3 Å². The van der Waals surface area contributed by atoms with Crippen molar-refractivity contribution in [3.63, 3.8) is 0 Å². The van der Waals surface area contributed by atoms with Crippen molar-refractivity contribution in [1.82, 2.24) is 0 Å². The molecule has 0 aliphatic heterocycles. The first-order valence-electron chi connectivity index (χ1n) is 36.4. The van der Waals surface area contributed by atoms with Crippen LogP contribution < -0.4 is 0 Å². The molecule has 508 valence electrons. The van der Waals surface area contributed by atoms with Gasteiger partial charge in [-0.25, -0.2) is 8.78 Å². The van der Waals surface area contributed by atoms with Gasteiger partial charge in [0.2, 0.25) is 0 Å². The van der Waals surface area contributed by atoms with E-state index in [1.807, 2.05) is 59.1 Å². The number of thiophene rings is 4. The van der Waals surface area contributed by atoms with Crippen LogP contribution in [0.15, 0.2) is 168 Å². The zero-order valence-electron chi connectivity index (χ0n) is 58.1. The van der Waals surface area contributed by atoms with Gasteiger partial charge in [0.15, 0.2) is 11.6 Å². The molecule has 0 unspecified atom stereocenters. The number of aryl methyl sites for hydroxylation is 4. The first-order chi connectivity index (χ1) is 49.9. The number of fused-ring (bicyclic) bond motifs is 11. The van der Waals surface area contributed by atoms with Gasteiger partial charge < -0.3 is 0 Å². The van der Waals surface area contributed by atoms with Gasteiger partial charge in [0.1, 0.15) is 47.1 Å². The summed E-state index contributed by atoms with van der Waals surface area (Å²) in [5, 5.41) is 41.9. The quantitative estimate of drug-likeness (QED) is 0.0302. The van der Waals surface area contributed by atoms with Gasteiger partial charge in [-0.15, -0.1) is 45.3 Å². The lowest BCUT2D eigenvalue weighted by Gasteiger charge is -2.34. The second-order valence-electron chi connectivity index (χ2n) is 27.7. The Morgan fingerprint density at radius 2 is 0.676 bits per heavy atom. The van der Waals surface area contributed by atoms with Crippen molar-refractivity contribution in [2.75, 3.05) is 0 Å².